The first kappa shape index (κ1) is 12.1. The fourth-order valence-corrected chi connectivity index (χ4v) is 2.36. The van der Waals surface area contributed by atoms with Gasteiger partial charge in [-0.05, 0) is 19.5 Å². The number of aromatic nitrogens is 3. The Morgan fingerprint density at radius 3 is 3.00 bits per heavy atom. The third-order valence-corrected chi connectivity index (χ3v) is 3.46. The van der Waals surface area contributed by atoms with E-state index in [9.17, 15) is 4.39 Å². The van der Waals surface area contributed by atoms with E-state index >= 15 is 0 Å². The molecule has 0 bridgehead atoms. The van der Waals surface area contributed by atoms with Crippen LogP contribution in [0.25, 0.3) is 10.6 Å². The maximum absolute atomic E-state index is 13.5. The maximum atomic E-state index is 13.5. The van der Waals surface area contributed by atoms with E-state index in [0.717, 1.165) is 11.6 Å². The lowest BCUT2D eigenvalue weighted by Gasteiger charge is -2.06. The molecule has 0 amide bonds. The standard InChI is InChI=1S/C11H13FN4S/c1-3-14-7(2)10-15-16-11(17-10)8-4-5-13-6-9(8)12/h4-7,14H,3H2,1-2H3. The molecule has 2 aromatic rings. The highest BCUT2D eigenvalue weighted by Crippen LogP contribution is 2.27. The van der Waals surface area contributed by atoms with Gasteiger partial charge >= 0.3 is 0 Å². The lowest BCUT2D eigenvalue weighted by atomic mass is 10.3. The van der Waals surface area contributed by atoms with Gasteiger partial charge in [0.1, 0.15) is 5.01 Å². The van der Waals surface area contributed by atoms with Crippen molar-refractivity contribution < 1.29 is 4.39 Å². The SMILES string of the molecule is CCNC(C)c1nnc(-c2ccncc2F)s1. The summed E-state index contributed by atoms with van der Waals surface area (Å²) in [6, 6.07) is 1.74. The lowest BCUT2D eigenvalue weighted by molar-refractivity contribution is 0.589. The highest BCUT2D eigenvalue weighted by molar-refractivity contribution is 7.14. The molecule has 1 N–H and O–H groups in total. The number of nitrogens with zero attached hydrogens (tertiary/aromatic N) is 3. The summed E-state index contributed by atoms with van der Waals surface area (Å²) in [4.78, 5) is 3.71. The first-order chi connectivity index (χ1) is 8.22. The molecule has 0 radical (unpaired) electrons. The van der Waals surface area contributed by atoms with Gasteiger partial charge in [0.2, 0.25) is 0 Å². The van der Waals surface area contributed by atoms with Gasteiger partial charge in [0, 0.05) is 6.20 Å². The molecule has 2 heterocycles. The molecule has 0 aliphatic carbocycles. The van der Waals surface area contributed by atoms with Crippen molar-refractivity contribution >= 4 is 11.3 Å². The summed E-state index contributed by atoms with van der Waals surface area (Å²) < 4.78 is 13.5. The quantitative estimate of drug-likeness (QED) is 0.908. The normalized spacial score (nSPS) is 12.6. The number of nitrogens with one attached hydrogen (secondary N) is 1. The average Bonchev–Trinajstić information content (AvgIpc) is 2.79. The highest BCUT2D eigenvalue weighted by atomic mass is 32.1. The Hall–Kier alpha value is -1.40. The van der Waals surface area contributed by atoms with Gasteiger partial charge in [-0.2, -0.15) is 0 Å². The molecular weight excluding hydrogens is 239 g/mol. The van der Waals surface area contributed by atoms with Gasteiger partial charge in [0.25, 0.3) is 0 Å². The van der Waals surface area contributed by atoms with E-state index in [0.29, 0.717) is 10.6 Å². The third-order valence-electron chi connectivity index (χ3n) is 2.32. The van der Waals surface area contributed by atoms with Crippen molar-refractivity contribution in [3.8, 4) is 10.6 Å². The molecule has 1 unspecified atom stereocenters. The van der Waals surface area contributed by atoms with Crippen molar-refractivity contribution in [2.75, 3.05) is 6.54 Å². The molecule has 0 fully saturated rings. The molecule has 4 nitrogen and oxygen atoms in total. The van der Waals surface area contributed by atoms with Gasteiger partial charge in [0.05, 0.1) is 17.8 Å². The van der Waals surface area contributed by atoms with E-state index in [-0.39, 0.29) is 11.9 Å². The predicted octanol–water partition coefficient (Wildman–Crippen LogP) is 2.41. The zero-order valence-corrected chi connectivity index (χ0v) is 10.5. The minimum atomic E-state index is -0.369. The summed E-state index contributed by atoms with van der Waals surface area (Å²) in [5, 5.41) is 12.8. The fraction of sp³-hybridized carbons (Fsp3) is 0.364. The van der Waals surface area contributed by atoms with E-state index in [2.05, 4.69) is 20.5 Å². The van der Waals surface area contributed by atoms with Crippen LogP contribution in [0.4, 0.5) is 4.39 Å². The Balaban J connectivity index is 2.27. The van der Waals surface area contributed by atoms with E-state index in [1.54, 1.807) is 12.3 Å². The van der Waals surface area contributed by atoms with Crippen molar-refractivity contribution in [1.82, 2.24) is 20.5 Å². The van der Waals surface area contributed by atoms with Crippen molar-refractivity contribution in [2.45, 2.75) is 19.9 Å². The van der Waals surface area contributed by atoms with Gasteiger partial charge in [0.15, 0.2) is 10.8 Å². The van der Waals surface area contributed by atoms with Crippen LogP contribution in [0.1, 0.15) is 24.9 Å². The number of hydrogen-bond donors (Lipinski definition) is 1. The minimum Gasteiger partial charge on any atom is -0.308 e. The smallest absolute Gasteiger partial charge is 0.151 e. The van der Waals surface area contributed by atoms with Crippen LogP contribution in [-0.2, 0) is 0 Å². The van der Waals surface area contributed by atoms with Crippen LogP contribution in [0.3, 0.4) is 0 Å². The summed E-state index contributed by atoms with van der Waals surface area (Å²) in [6.07, 6.45) is 2.73. The Morgan fingerprint density at radius 2 is 2.29 bits per heavy atom. The summed E-state index contributed by atoms with van der Waals surface area (Å²) in [5.41, 5.74) is 0.451. The molecule has 2 aromatic heterocycles. The maximum Gasteiger partial charge on any atom is 0.151 e. The fourth-order valence-electron chi connectivity index (χ4n) is 1.46. The molecular formula is C11H13FN4S. The largest absolute Gasteiger partial charge is 0.308 e. The summed E-state index contributed by atoms with van der Waals surface area (Å²) in [5.74, 6) is -0.369. The zero-order valence-electron chi connectivity index (χ0n) is 9.64. The van der Waals surface area contributed by atoms with E-state index in [1.165, 1.54) is 17.5 Å². The topological polar surface area (TPSA) is 50.7 Å². The van der Waals surface area contributed by atoms with Crippen LogP contribution in [0, 0.1) is 5.82 Å². The Kier molecular flexibility index (Phi) is 3.75. The van der Waals surface area contributed by atoms with Crippen LogP contribution >= 0.6 is 11.3 Å². The van der Waals surface area contributed by atoms with Crippen LogP contribution in [0.5, 0.6) is 0 Å². The van der Waals surface area contributed by atoms with Crippen molar-refractivity contribution in [3.63, 3.8) is 0 Å². The summed E-state index contributed by atoms with van der Waals surface area (Å²) in [7, 11) is 0. The first-order valence-corrected chi connectivity index (χ1v) is 6.20. The van der Waals surface area contributed by atoms with Crippen molar-refractivity contribution in [1.29, 1.82) is 0 Å². The summed E-state index contributed by atoms with van der Waals surface area (Å²) in [6.45, 7) is 4.90. The van der Waals surface area contributed by atoms with Crippen LogP contribution < -0.4 is 5.32 Å². The Labute approximate surface area is 103 Å². The molecule has 90 valence electrons. The van der Waals surface area contributed by atoms with Gasteiger partial charge in [-0.1, -0.05) is 18.3 Å². The third kappa shape index (κ3) is 2.65. The predicted molar refractivity (Wildman–Crippen MR) is 65.2 cm³/mol. The molecule has 0 saturated heterocycles. The average molecular weight is 252 g/mol. The van der Waals surface area contributed by atoms with Gasteiger partial charge in [-0.3, -0.25) is 4.98 Å². The van der Waals surface area contributed by atoms with Crippen LogP contribution in [0.15, 0.2) is 18.5 Å². The van der Waals surface area contributed by atoms with Gasteiger partial charge in [-0.15, -0.1) is 10.2 Å². The number of halogens is 1. The highest BCUT2D eigenvalue weighted by Gasteiger charge is 2.14. The Morgan fingerprint density at radius 1 is 1.47 bits per heavy atom. The van der Waals surface area contributed by atoms with E-state index in [4.69, 9.17) is 0 Å². The second-order valence-electron chi connectivity index (χ2n) is 3.58. The lowest BCUT2D eigenvalue weighted by Crippen LogP contribution is -2.17. The molecule has 2 rings (SSSR count). The zero-order chi connectivity index (χ0) is 12.3. The number of pyridine rings is 1. The molecule has 0 aromatic carbocycles. The molecule has 0 aliphatic heterocycles. The number of rotatable bonds is 4. The van der Waals surface area contributed by atoms with Crippen molar-refractivity contribution in [2.24, 2.45) is 0 Å². The minimum absolute atomic E-state index is 0.135. The van der Waals surface area contributed by atoms with Crippen LogP contribution in [0.2, 0.25) is 0 Å². The molecule has 17 heavy (non-hydrogen) atoms. The van der Waals surface area contributed by atoms with Crippen LogP contribution in [-0.4, -0.2) is 21.7 Å². The monoisotopic (exact) mass is 252 g/mol. The van der Waals surface area contributed by atoms with Gasteiger partial charge in [-0.25, -0.2) is 4.39 Å². The second-order valence-corrected chi connectivity index (χ2v) is 4.59. The van der Waals surface area contributed by atoms with E-state index < -0.39 is 0 Å². The second kappa shape index (κ2) is 5.29. The molecule has 0 aliphatic rings. The molecule has 0 saturated carbocycles. The first-order valence-electron chi connectivity index (χ1n) is 5.39. The number of hydrogen-bond acceptors (Lipinski definition) is 5. The molecule has 1 atom stereocenters. The van der Waals surface area contributed by atoms with E-state index in [1.807, 2.05) is 13.8 Å². The molecule has 6 heteroatoms. The molecule has 0 spiro atoms. The van der Waals surface area contributed by atoms with Gasteiger partial charge < -0.3 is 5.32 Å². The summed E-state index contributed by atoms with van der Waals surface area (Å²) >= 11 is 1.40. The Bertz CT molecular complexity index is 500. The van der Waals surface area contributed by atoms with Crippen molar-refractivity contribution in [3.05, 3.63) is 29.3 Å².